The highest BCUT2D eigenvalue weighted by Gasteiger charge is 2.40. The predicted octanol–water partition coefficient (Wildman–Crippen LogP) is 2.35. The maximum absolute atomic E-state index is 13.9. The maximum Gasteiger partial charge on any atom is 0.245 e. The van der Waals surface area contributed by atoms with Gasteiger partial charge in [-0.3, -0.25) is 9.59 Å². The van der Waals surface area contributed by atoms with E-state index in [-0.39, 0.29) is 24.3 Å². The Morgan fingerprint density at radius 1 is 1.38 bits per heavy atom. The molecular weight excluding hydrogens is 295 g/mol. The van der Waals surface area contributed by atoms with E-state index in [2.05, 4.69) is 5.32 Å². The molecule has 1 fully saturated rings. The number of nitrogens with one attached hydrogen (secondary N) is 1. The van der Waals surface area contributed by atoms with Gasteiger partial charge in [0, 0.05) is 17.1 Å². The Morgan fingerprint density at radius 2 is 2.05 bits per heavy atom. The zero-order valence-electron chi connectivity index (χ0n) is 12.2. The smallest absolute Gasteiger partial charge is 0.245 e. The molecule has 1 aromatic carbocycles. The molecule has 2 amide bonds. The average Bonchev–Trinajstić information content (AvgIpc) is 2.39. The van der Waals surface area contributed by atoms with Crippen molar-refractivity contribution in [1.82, 2.24) is 10.2 Å². The summed E-state index contributed by atoms with van der Waals surface area (Å²) in [5, 5.41) is 3.05. The lowest BCUT2D eigenvalue weighted by molar-refractivity contribution is -0.151. The third-order valence-corrected chi connectivity index (χ3v) is 3.83. The van der Waals surface area contributed by atoms with Gasteiger partial charge in [-0.05, 0) is 31.0 Å². The first-order valence-electron chi connectivity index (χ1n) is 6.86. The number of amides is 2. The lowest BCUT2D eigenvalue weighted by Crippen LogP contribution is -2.63. The van der Waals surface area contributed by atoms with Crippen LogP contribution in [0.3, 0.4) is 0 Å². The van der Waals surface area contributed by atoms with Crippen LogP contribution in [0.15, 0.2) is 18.2 Å². The molecule has 4 nitrogen and oxygen atoms in total. The van der Waals surface area contributed by atoms with Gasteiger partial charge in [-0.2, -0.15) is 0 Å². The third kappa shape index (κ3) is 3.18. The van der Waals surface area contributed by atoms with Gasteiger partial charge in [0.2, 0.25) is 11.8 Å². The molecule has 2 atom stereocenters. The van der Waals surface area contributed by atoms with Crippen LogP contribution < -0.4 is 5.32 Å². The van der Waals surface area contributed by atoms with Crippen LogP contribution in [0.25, 0.3) is 0 Å². The molecular formula is C15H18ClFN2O2. The number of benzene rings is 1. The second-order valence-corrected chi connectivity index (χ2v) is 6.06. The fraction of sp³-hybridized carbons (Fsp3) is 0.467. The van der Waals surface area contributed by atoms with Crippen molar-refractivity contribution >= 4 is 23.4 Å². The number of carbonyl (C=O) groups excluding carboxylic acids is 2. The zero-order chi connectivity index (χ0) is 15.7. The normalized spacial score (nSPS) is 22.7. The number of rotatable bonds is 3. The number of halogens is 2. The molecule has 1 aromatic rings. The van der Waals surface area contributed by atoms with Crippen molar-refractivity contribution in [2.75, 3.05) is 0 Å². The first kappa shape index (κ1) is 15.8. The van der Waals surface area contributed by atoms with Crippen molar-refractivity contribution in [3.05, 3.63) is 34.6 Å². The summed E-state index contributed by atoms with van der Waals surface area (Å²) in [6.45, 7) is 5.37. The number of hydrogen-bond acceptors (Lipinski definition) is 2. The van der Waals surface area contributed by atoms with E-state index in [9.17, 15) is 14.0 Å². The summed E-state index contributed by atoms with van der Waals surface area (Å²) in [6, 6.07) is 2.99. The minimum absolute atomic E-state index is 0.0336. The summed E-state index contributed by atoms with van der Waals surface area (Å²) in [7, 11) is 0. The molecule has 1 heterocycles. The molecule has 0 spiro atoms. The topological polar surface area (TPSA) is 49.4 Å². The first-order chi connectivity index (χ1) is 9.81. The Kier molecular flexibility index (Phi) is 4.52. The largest absolute Gasteiger partial charge is 0.343 e. The van der Waals surface area contributed by atoms with Gasteiger partial charge in [0.15, 0.2) is 0 Å². The molecule has 0 radical (unpaired) electrons. The highest BCUT2D eigenvalue weighted by Crippen LogP contribution is 2.23. The van der Waals surface area contributed by atoms with Crippen LogP contribution in [-0.2, 0) is 16.1 Å². The van der Waals surface area contributed by atoms with Crippen LogP contribution in [-0.4, -0.2) is 28.8 Å². The molecule has 2 rings (SSSR count). The highest BCUT2D eigenvalue weighted by atomic mass is 35.5. The van der Waals surface area contributed by atoms with Gasteiger partial charge in [0.1, 0.15) is 17.9 Å². The lowest BCUT2D eigenvalue weighted by atomic mass is 9.96. The quantitative estimate of drug-likeness (QED) is 0.931. The molecule has 0 bridgehead atoms. The number of carbonyl (C=O) groups is 2. The van der Waals surface area contributed by atoms with Crippen molar-refractivity contribution in [1.29, 1.82) is 0 Å². The van der Waals surface area contributed by atoms with Crippen molar-refractivity contribution in [2.45, 2.75) is 39.4 Å². The summed E-state index contributed by atoms with van der Waals surface area (Å²) >= 11 is 5.88. The van der Waals surface area contributed by atoms with Gasteiger partial charge < -0.3 is 10.2 Å². The summed E-state index contributed by atoms with van der Waals surface area (Å²) in [6.07, 6.45) is 0. The second-order valence-electron chi connectivity index (χ2n) is 5.62. The van der Waals surface area contributed by atoms with Gasteiger partial charge in [-0.15, -0.1) is 0 Å². The zero-order valence-corrected chi connectivity index (χ0v) is 12.9. The van der Waals surface area contributed by atoms with Crippen LogP contribution in [0, 0.1) is 11.7 Å². The maximum atomic E-state index is 13.9. The number of piperazine rings is 1. The van der Waals surface area contributed by atoms with Crippen LogP contribution in [0.4, 0.5) is 4.39 Å². The Morgan fingerprint density at radius 3 is 2.67 bits per heavy atom. The van der Waals surface area contributed by atoms with E-state index in [0.29, 0.717) is 10.6 Å². The predicted molar refractivity (Wildman–Crippen MR) is 78.2 cm³/mol. The molecule has 114 valence electrons. The Balaban J connectivity index is 2.35. The monoisotopic (exact) mass is 312 g/mol. The van der Waals surface area contributed by atoms with E-state index in [1.807, 2.05) is 13.8 Å². The van der Waals surface area contributed by atoms with E-state index < -0.39 is 17.9 Å². The van der Waals surface area contributed by atoms with Gasteiger partial charge in [0.05, 0.1) is 0 Å². The molecule has 0 saturated carbocycles. The molecule has 21 heavy (non-hydrogen) atoms. The standard InChI is InChI=1S/C15H18ClFN2O2/c1-8(2)13-14(20)18-9(3)15(21)19(13)7-10-6-11(16)4-5-12(10)17/h4-6,8-9,13H,7H2,1-3H3,(H,18,20). The van der Waals surface area contributed by atoms with Crippen molar-refractivity contribution in [3.63, 3.8) is 0 Å². The van der Waals surface area contributed by atoms with Crippen LogP contribution in [0.5, 0.6) is 0 Å². The Labute approximate surface area is 128 Å². The van der Waals surface area contributed by atoms with Crippen molar-refractivity contribution < 1.29 is 14.0 Å². The van der Waals surface area contributed by atoms with E-state index in [1.54, 1.807) is 6.92 Å². The van der Waals surface area contributed by atoms with Crippen LogP contribution in [0.2, 0.25) is 5.02 Å². The van der Waals surface area contributed by atoms with E-state index in [4.69, 9.17) is 11.6 Å². The van der Waals surface area contributed by atoms with Gasteiger partial charge >= 0.3 is 0 Å². The molecule has 0 aromatic heterocycles. The summed E-state index contributed by atoms with van der Waals surface area (Å²) in [5.74, 6) is -0.927. The van der Waals surface area contributed by atoms with Crippen LogP contribution >= 0.6 is 11.6 Å². The second kappa shape index (κ2) is 6.02. The molecule has 2 unspecified atom stereocenters. The molecule has 1 saturated heterocycles. The minimum atomic E-state index is -0.605. The molecule has 0 aliphatic carbocycles. The van der Waals surface area contributed by atoms with Crippen LogP contribution in [0.1, 0.15) is 26.3 Å². The fourth-order valence-electron chi connectivity index (χ4n) is 2.57. The first-order valence-corrected chi connectivity index (χ1v) is 7.24. The minimum Gasteiger partial charge on any atom is -0.343 e. The van der Waals surface area contributed by atoms with Gasteiger partial charge in [0.25, 0.3) is 0 Å². The molecule has 6 heteroatoms. The van der Waals surface area contributed by atoms with Gasteiger partial charge in [-0.1, -0.05) is 25.4 Å². The summed E-state index contributed by atoms with van der Waals surface area (Å²) < 4.78 is 13.9. The Hall–Kier alpha value is -1.62. The Bertz CT molecular complexity index is 577. The number of hydrogen-bond donors (Lipinski definition) is 1. The highest BCUT2D eigenvalue weighted by molar-refractivity contribution is 6.30. The lowest BCUT2D eigenvalue weighted by Gasteiger charge is -2.40. The number of nitrogens with zero attached hydrogens (tertiary/aromatic N) is 1. The van der Waals surface area contributed by atoms with Crippen molar-refractivity contribution in [3.8, 4) is 0 Å². The van der Waals surface area contributed by atoms with E-state index >= 15 is 0 Å². The van der Waals surface area contributed by atoms with E-state index in [1.165, 1.54) is 23.1 Å². The third-order valence-electron chi connectivity index (χ3n) is 3.60. The molecule has 1 aliphatic heterocycles. The fourth-order valence-corrected chi connectivity index (χ4v) is 2.77. The average molecular weight is 313 g/mol. The van der Waals surface area contributed by atoms with E-state index in [0.717, 1.165) is 0 Å². The molecule has 1 N–H and O–H groups in total. The molecule has 1 aliphatic rings. The van der Waals surface area contributed by atoms with Crippen molar-refractivity contribution in [2.24, 2.45) is 5.92 Å². The summed E-state index contributed by atoms with van der Waals surface area (Å²) in [5.41, 5.74) is 0.309. The SMILES string of the molecule is CC1NC(=O)C(C(C)C)N(Cc2cc(Cl)ccc2F)C1=O. The van der Waals surface area contributed by atoms with Gasteiger partial charge in [-0.25, -0.2) is 4.39 Å². The summed E-state index contributed by atoms with van der Waals surface area (Å²) in [4.78, 5) is 25.9.